The fraction of sp³-hybridized carbons (Fsp3) is 0.500. The summed E-state index contributed by atoms with van der Waals surface area (Å²) >= 11 is 0. The maximum Gasteiger partial charge on any atom is 0.254 e. The van der Waals surface area contributed by atoms with Crippen LogP contribution in [0.4, 0.5) is 5.82 Å². The minimum absolute atomic E-state index is 0.138. The zero-order valence-corrected chi connectivity index (χ0v) is 22.7. The molecule has 1 amide bonds. The molecule has 7 nitrogen and oxygen atoms in total. The molecule has 7 heteroatoms. The molecule has 3 aliphatic heterocycles. The standard InChI is InChI=1S/C32H38N4O3/c37-32(36-16-6-9-25(36)20-35-14-4-5-15-35)27-19-31(33-24-7-2-1-3-8-24)34-28-12-10-22(17-26(27)28)23-11-13-29-30(18-23)39-21-38-29/h10-13,17-19,24-25H,1-9,14-16,20-21H2,(H,33,34)/t25-/m0/s1. The number of carbonyl (C=O) groups excluding carboxylic acids is 1. The molecule has 0 bridgehead atoms. The van der Waals surface area contributed by atoms with Crippen molar-refractivity contribution in [3.63, 3.8) is 0 Å². The van der Waals surface area contributed by atoms with Crippen LogP contribution in [0.15, 0.2) is 42.5 Å². The summed E-state index contributed by atoms with van der Waals surface area (Å²) in [5, 5.41) is 4.60. The Morgan fingerprint density at radius 2 is 1.64 bits per heavy atom. The van der Waals surface area contributed by atoms with Crippen LogP contribution in [-0.4, -0.2) is 65.7 Å². The Kier molecular flexibility index (Phi) is 6.77. The van der Waals surface area contributed by atoms with Gasteiger partial charge in [0.15, 0.2) is 11.5 Å². The molecule has 0 radical (unpaired) electrons. The van der Waals surface area contributed by atoms with Crippen molar-refractivity contribution >= 4 is 22.6 Å². The average molecular weight is 527 g/mol. The lowest BCUT2D eigenvalue weighted by atomic mass is 9.95. The van der Waals surface area contributed by atoms with Crippen LogP contribution in [0.5, 0.6) is 11.5 Å². The Balaban J connectivity index is 1.25. The van der Waals surface area contributed by atoms with Crippen LogP contribution in [-0.2, 0) is 0 Å². The van der Waals surface area contributed by atoms with Gasteiger partial charge in [-0.15, -0.1) is 0 Å². The number of likely N-dealkylation sites (tertiary alicyclic amines) is 2. The zero-order valence-electron chi connectivity index (χ0n) is 22.7. The molecule has 2 aromatic carbocycles. The van der Waals surface area contributed by atoms with E-state index in [9.17, 15) is 4.79 Å². The first-order valence-electron chi connectivity index (χ1n) is 14.9. The van der Waals surface area contributed by atoms with E-state index in [1.807, 2.05) is 18.2 Å². The van der Waals surface area contributed by atoms with E-state index in [0.717, 1.165) is 96.8 Å². The molecule has 1 atom stereocenters. The molecule has 204 valence electrons. The molecule has 1 aromatic heterocycles. The van der Waals surface area contributed by atoms with E-state index in [4.69, 9.17) is 14.5 Å². The number of rotatable bonds is 6. The summed E-state index contributed by atoms with van der Waals surface area (Å²) < 4.78 is 11.1. The smallest absolute Gasteiger partial charge is 0.254 e. The van der Waals surface area contributed by atoms with E-state index < -0.39 is 0 Å². The van der Waals surface area contributed by atoms with Crippen LogP contribution in [0.3, 0.4) is 0 Å². The molecule has 39 heavy (non-hydrogen) atoms. The molecule has 3 aromatic rings. The predicted molar refractivity (Wildman–Crippen MR) is 154 cm³/mol. The lowest BCUT2D eigenvalue weighted by molar-refractivity contribution is 0.0710. The highest BCUT2D eigenvalue weighted by Gasteiger charge is 2.32. The van der Waals surface area contributed by atoms with Gasteiger partial charge in [0.25, 0.3) is 5.91 Å². The summed E-state index contributed by atoms with van der Waals surface area (Å²) in [4.78, 5) is 24.0. The molecule has 4 heterocycles. The molecule has 3 fully saturated rings. The van der Waals surface area contributed by atoms with Gasteiger partial charge in [-0.2, -0.15) is 0 Å². The molecular formula is C32H38N4O3. The normalized spacial score (nSPS) is 21.6. The van der Waals surface area contributed by atoms with Gasteiger partial charge in [0.05, 0.1) is 11.1 Å². The number of hydrogen-bond donors (Lipinski definition) is 1. The van der Waals surface area contributed by atoms with Gasteiger partial charge in [0, 0.05) is 30.6 Å². The van der Waals surface area contributed by atoms with Crippen molar-refractivity contribution in [1.82, 2.24) is 14.8 Å². The number of pyridine rings is 1. The Bertz CT molecular complexity index is 1360. The van der Waals surface area contributed by atoms with Gasteiger partial charge in [0.1, 0.15) is 5.82 Å². The third-order valence-corrected chi connectivity index (χ3v) is 9.01. The van der Waals surface area contributed by atoms with Gasteiger partial charge in [-0.05, 0) is 93.1 Å². The highest BCUT2D eigenvalue weighted by molar-refractivity contribution is 6.08. The van der Waals surface area contributed by atoms with Crippen molar-refractivity contribution in [1.29, 1.82) is 0 Å². The molecule has 0 unspecified atom stereocenters. The number of benzene rings is 2. The van der Waals surface area contributed by atoms with Crippen molar-refractivity contribution in [3.8, 4) is 22.6 Å². The number of anilines is 1. The maximum absolute atomic E-state index is 14.3. The Morgan fingerprint density at radius 1 is 0.846 bits per heavy atom. The fourth-order valence-electron chi connectivity index (χ4n) is 6.90. The number of aromatic nitrogens is 1. The second-order valence-corrected chi connectivity index (χ2v) is 11.6. The Morgan fingerprint density at radius 3 is 2.51 bits per heavy atom. The quantitative estimate of drug-likeness (QED) is 0.420. The third-order valence-electron chi connectivity index (χ3n) is 9.01. The van der Waals surface area contributed by atoms with Gasteiger partial charge in [-0.1, -0.05) is 31.4 Å². The summed E-state index contributed by atoms with van der Waals surface area (Å²) in [7, 11) is 0. The molecule has 1 saturated carbocycles. The van der Waals surface area contributed by atoms with Crippen LogP contribution in [0.2, 0.25) is 0 Å². The first-order chi connectivity index (χ1) is 19.2. The number of hydrogen-bond acceptors (Lipinski definition) is 6. The van der Waals surface area contributed by atoms with Gasteiger partial charge in [-0.3, -0.25) is 4.79 Å². The second kappa shape index (κ2) is 10.7. The van der Waals surface area contributed by atoms with Crippen molar-refractivity contribution < 1.29 is 14.3 Å². The van der Waals surface area contributed by atoms with E-state index >= 15 is 0 Å². The average Bonchev–Trinajstić information content (AvgIpc) is 3.75. The summed E-state index contributed by atoms with van der Waals surface area (Å²) in [6, 6.07) is 15.0. The minimum Gasteiger partial charge on any atom is -0.454 e. The van der Waals surface area contributed by atoms with E-state index in [-0.39, 0.29) is 18.7 Å². The number of fused-ring (bicyclic) bond motifs is 2. The number of carbonyl (C=O) groups is 1. The van der Waals surface area contributed by atoms with E-state index in [1.165, 1.54) is 32.1 Å². The summed E-state index contributed by atoms with van der Waals surface area (Å²) in [6.07, 6.45) is 10.8. The van der Waals surface area contributed by atoms with Crippen molar-refractivity contribution in [2.24, 2.45) is 0 Å². The summed E-state index contributed by atoms with van der Waals surface area (Å²) in [5.41, 5.74) is 3.70. The largest absolute Gasteiger partial charge is 0.454 e. The van der Waals surface area contributed by atoms with Crippen LogP contribution >= 0.6 is 0 Å². The first kappa shape index (κ1) is 24.7. The topological polar surface area (TPSA) is 66.9 Å². The van der Waals surface area contributed by atoms with E-state index in [0.29, 0.717) is 6.04 Å². The maximum atomic E-state index is 14.3. The van der Waals surface area contributed by atoms with Crippen LogP contribution in [0, 0.1) is 0 Å². The molecular weight excluding hydrogens is 488 g/mol. The number of nitrogens with one attached hydrogen (secondary N) is 1. The third kappa shape index (κ3) is 5.05. The lowest BCUT2D eigenvalue weighted by Gasteiger charge is -2.29. The van der Waals surface area contributed by atoms with Gasteiger partial charge in [0.2, 0.25) is 6.79 Å². The van der Waals surface area contributed by atoms with Crippen LogP contribution in [0.25, 0.3) is 22.0 Å². The number of ether oxygens (including phenoxy) is 2. The number of amides is 1. The summed E-state index contributed by atoms with van der Waals surface area (Å²) in [6.45, 7) is 4.39. The minimum atomic E-state index is 0.138. The fourth-order valence-corrected chi connectivity index (χ4v) is 6.90. The lowest BCUT2D eigenvalue weighted by Crippen LogP contribution is -2.42. The molecule has 1 N–H and O–H groups in total. The Labute approximate surface area is 230 Å². The second-order valence-electron chi connectivity index (χ2n) is 11.6. The molecule has 0 spiro atoms. The predicted octanol–water partition coefficient (Wildman–Crippen LogP) is 6.08. The zero-order chi connectivity index (χ0) is 26.2. The van der Waals surface area contributed by atoms with Gasteiger partial charge >= 0.3 is 0 Å². The molecule has 1 aliphatic carbocycles. The monoisotopic (exact) mass is 526 g/mol. The van der Waals surface area contributed by atoms with E-state index in [1.54, 1.807) is 0 Å². The van der Waals surface area contributed by atoms with Crippen LogP contribution < -0.4 is 14.8 Å². The van der Waals surface area contributed by atoms with Gasteiger partial charge < -0.3 is 24.6 Å². The molecule has 2 saturated heterocycles. The first-order valence-corrected chi connectivity index (χ1v) is 14.9. The summed E-state index contributed by atoms with van der Waals surface area (Å²) in [5.74, 6) is 2.49. The van der Waals surface area contributed by atoms with Crippen molar-refractivity contribution in [2.45, 2.75) is 69.9 Å². The van der Waals surface area contributed by atoms with Gasteiger partial charge in [-0.25, -0.2) is 4.98 Å². The van der Waals surface area contributed by atoms with Crippen molar-refractivity contribution in [3.05, 3.63) is 48.0 Å². The molecule has 7 rings (SSSR count). The highest BCUT2D eigenvalue weighted by atomic mass is 16.7. The molecule has 4 aliphatic rings. The number of nitrogens with zero attached hydrogens (tertiary/aromatic N) is 3. The highest BCUT2D eigenvalue weighted by Crippen LogP contribution is 2.37. The van der Waals surface area contributed by atoms with E-state index in [2.05, 4.69) is 39.4 Å². The van der Waals surface area contributed by atoms with Crippen LogP contribution in [0.1, 0.15) is 68.1 Å². The van der Waals surface area contributed by atoms with Crippen molar-refractivity contribution in [2.75, 3.05) is 38.3 Å². The Hall–Kier alpha value is -3.32. The SMILES string of the molecule is O=C(c1cc(NC2CCCCC2)nc2ccc(-c3ccc4c(c3)OCO4)cc12)N1CCC[C@H]1CN1CCCC1.